The lowest BCUT2D eigenvalue weighted by molar-refractivity contribution is -0.139. The molecule has 1 aromatic rings. The molecule has 0 spiro atoms. The molecule has 7 heteroatoms. The Balaban J connectivity index is 0.00000341. The molecule has 1 fully saturated rings. The Labute approximate surface area is 196 Å². The van der Waals surface area contributed by atoms with E-state index in [1.807, 2.05) is 30.9 Å². The van der Waals surface area contributed by atoms with Gasteiger partial charge in [0.1, 0.15) is 6.04 Å². The number of piperidine rings is 1. The minimum Gasteiger partial charge on any atom is -0.402 e. The van der Waals surface area contributed by atoms with Crippen LogP contribution in [0.2, 0.25) is 5.02 Å². The average Bonchev–Trinajstić information content (AvgIpc) is 2.71. The molecule has 0 aromatic heterocycles. The molecule has 0 radical (unpaired) electrons. The third-order valence-corrected chi connectivity index (χ3v) is 6.68. The predicted molar refractivity (Wildman–Crippen MR) is 128 cm³/mol. The van der Waals surface area contributed by atoms with Crippen LogP contribution in [0.15, 0.2) is 36.0 Å². The first kappa shape index (κ1) is 25.5. The van der Waals surface area contributed by atoms with Crippen molar-refractivity contribution in [1.29, 1.82) is 0 Å². The number of nitrogens with zero attached hydrogens (tertiary/aromatic N) is 1. The topological polar surface area (TPSA) is 75.4 Å². The molecular formula is C24H35Cl2N3O2. The first-order valence-corrected chi connectivity index (χ1v) is 11.5. The highest BCUT2D eigenvalue weighted by Gasteiger charge is 2.34. The number of carbonyl (C=O) groups is 2. The molecule has 1 aromatic carbocycles. The lowest BCUT2D eigenvalue weighted by Crippen LogP contribution is -2.54. The predicted octanol–water partition coefficient (Wildman–Crippen LogP) is 4.68. The fraction of sp³-hybridized carbons (Fsp3) is 0.583. The fourth-order valence-electron chi connectivity index (χ4n) is 4.33. The van der Waals surface area contributed by atoms with Crippen LogP contribution in [-0.4, -0.2) is 41.2 Å². The van der Waals surface area contributed by atoms with E-state index in [4.69, 9.17) is 28.9 Å². The number of nitrogens with two attached hydrogens (primary N) is 1. The van der Waals surface area contributed by atoms with E-state index in [-0.39, 0.29) is 36.5 Å². The van der Waals surface area contributed by atoms with Crippen LogP contribution in [0.3, 0.4) is 0 Å². The monoisotopic (exact) mass is 467 g/mol. The largest absolute Gasteiger partial charge is 0.402 e. The molecular weight excluding hydrogens is 433 g/mol. The smallest absolute Gasteiger partial charge is 0.245 e. The highest BCUT2D eigenvalue weighted by Crippen LogP contribution is 2.30. The standard InChI is InChI=1S/C23H31Cl2N3O2.CH4/c1-14(2)21(27-22(29)17-11-19(25)13-20(26)12-17)23(30)28-9-7-16(8-10-28)15-3-5-18(24)6-4-15;/h3-6,12,14,16-17,19,21H,7-11,13,26H2,1-2H3,(H,27,29);1H4/t17?,19?,21-;/m1./s1. The molecule has 3 rings (SSSR count). The van der Waals surface area contributed by atoms with Crippen LogP contribution in [0.5, 0.6) is 0 Å². The molecule has 0 saturated carbocycles. The van der Waals surface area contributed by atoms with E-state index in [9.17, 15) is 9.59 Å². The quantitative estimate of drug-likeness (QED) is 0.616. The van der Waals surface area contributed by atoms with Crippen molar-refractivity contribution >= 4 is 35.0 Å². The Hall–Kier alpha value is -1.72. The van der Waals surface area contributed by atoms with Crippen molar-refractivity contribution in [1.82, 2.24) is 10.2 Å². The Bertz CT molecular complexity index is 787. The molecule has 1 heterocycles. The van der Waals surface area contributed by atoms with Crippen molar-refractivity contribution in [2.45, 2.75) is 64.3 Å². The summed E-state index contributed by atoms with van der Waals surface area (Å²) < 4.78 is 0. The lowest BCUT2D eigenvalue weighted by atomic mass is 9.88. The van der Waals surface area contributed by atoms with Gasteiger partial charge in [0, 0.05) is 35.6 Å². The zero-order valence-corrected chi connectivity index (χ0v) is 19.1. The van der Waals surface area contributed by atoms with Crippen molar-refractivity contribution < 1.29 is 9.59 Å². The zero-order chi connectivity index (χ0) is 21.8. The number of allylic oxidation sites excluding steroid dienone is 1. The number of carbonyl (C=O) groups excluding carboxylic acids is 2. The van der Waals surface area contributed by atoms with Gasteiger partial charge in [-0.15, -0.1) is 11.6 Å². The number of nitrogens with one attached hydrogen (secondary N) is 1. The Morgan fingerprint density at radius 3 is 2.32 bits per heavy atom. The Morgan fingerprint density at radius 1 is 1.16 bits per heavy atom. The number of rotatable bonds is 5. The SMILES string of the molecule is C.CC(C)[C@@H](NC(=O)C1C=C(N)CC(Cl)C1)C(=O)N1CCC(c2ccc(Cl)cc2)CC1. The molecule has 1 aliphatic carbocycles. The highest BCUT2D eigenvalue weighted by atomic mass is 35.5. The molecule has 2 amide bonds. The van der Waals surface area contributed by atoms with Crippen molar-refractivity contribution in [3.8, 4) is 0 Å². The van der Waals surface area contributed by atoms with Crippen LogP contribution in [0, 0.1) is 11.8 Å². The molecule has 2 unspecified atom stereocenters. The molecule has 5 nitrogen and oxygen atoms in total. The third kappa shape index (κ3) is 6.63. The normalized spacial score (nSPS) is 23.0. The van der Waals surface area contributed by atoms with Crippen molar-refractivity contribution in [2.24, 2.45) is 17.6 Å². The van der Waals surface area contributed by atoms with Crippen LogP contribution in [-0.2, 0) is 9.59 Å². The van der Waals surface area contributed by atoms with Gasteiger partial charge in [-0.3, -0.25) is 9.59 Å². The lowest BCUT2D eigenvalue weighted by Gasteiger charge is -2.36. The van der Waals surface area contributed by atoms with Gasteiger partial charge in [-0.2, -0.15) is 0 Å². The minimum absolute atomic E-state index is 0. The number of hydrogen-bond acceptors (Lipinski definition) is 3. The van der Waals surface area contributed by atoms with Crippen LogP contribution >= 0.6 is 23.2 Å². The van der Waals surface area contributed by atoms with Gasteiger partial charge in [0.2, 0.25) is 11.8 Å². The summed E-state index contributed by atoms with van der Waals surface area (Å²) in [6.07, 6.45) is 4.72. The second-order valence-electron chi connectivity index (χ2n) is 8.77. The average molecular weight is 468 g/mol. The maximum atomic E-state index is 13.2. The number of halogens is 2. The Kier molecular flexibility index (Phi) is 9.26. The van der Waals surface area contributed by atoms with E-state index in [1.54, 1.807) is 6.08 Å². The zero-order valence-electron chi connectivity index (χ0n) is 17.6. The van der Waals surface area contributed by atoms with Gasteiger partial charge in [0.25, 0.3) is 0 Å². The molecule has 31 heavy (non-hydrogen) atoms. The van der Waals surface area contributed by atoms with Gasteiger partial charge >= 0.3 is 0 Å². The number of alkyl halides is 1. The third-order valence-electron chi connectivity index (χ3n) is 6.10. The molecule has 172 valence electrons. The molecule has 2 aliphatic rings. The van der Waals surface area contributed by atoms with Crippen molar-refractivity contribution in [2.75, 3.05) is 13.1 Å². The fourth-order valence-corrected chi connectivity index (χ4v) is 4.83. The molecule has 3 N–H and O–H groups in total. The second kappa shape index (κ2) is 11.2. The van der Waals surface area contributed by atoms with Crippen LogP contribution in [0.1, 0.15) is 58.4 Å². The van der Waals surface area contributed by atoms with E-state index < -0.39 is 6.04 Å². The number of amides is 2. The van der Waals surface area contributed by atoms with E-state index in [1.165, 1.54) is 5.56 Å². The van der Waals surface area contributed by atoms with Crippen LogP contribution < -0.4 is 11.1 Å². The first-order valence-electron chi connectivity index (χ1n) is 10.7. The summed E-state index contributed by atoms with van der Waals surface area (Å²) in [6.45, 7) is 5.29. The van der Waals surface area contributed by atoms with Gasteiger partial charge < -0.3 is 16.0 Å². The highest BCUT2D eigenvalue weighted by molar-refractivity contribution is 6.30. The first-order chi connectivity index (χ1) is 14.2. The van der Waals surface area contributed by atoms with Crippen molar-refractivity contribution in [3.63, 3.8) is 0 Å². The summed E-state index contributed by atoms with van der Waals surface area (Å²) in [6, 6.07) is 7.41. The molecule has 1 saturated heterocycles. The number of likely N-dealkylation sites (tertiary alicyclic amines) is 1. The van der Waals surface area contributed by atoms with Gasteiger partial charge in [-0.25, -0.2) is 0 Å². The van der Waals surface area contributed by atoms with E-state index in [0.29, 0.717) is 37.5 Å². The molecule has 1 aliphatic heterocycles. The maximum absolute atomic E-state index is 13.2. The van der Waals surface area contributed by atoms with Gasteiger partial charge in [-0.05, 0) is 48.8 Å². The van der Waals surface area contributed by atoms with Crippen LogP contribution in [0.4, 0.5) is 0 Å². The minimum atomic E-state index is -0.546. The summed E-state index contributed by atoms with van der Waals surface area (Å²) in [5.41, 5.74) is 7.80. The summed E-state index contributed by atoms with van der Waals surface area (Å²) in [5, 5.41) is 3.56. The summed E-state index contributed by atoms with van der Waals surface area (Å²) in [4.78, 5) is 27.9. The van der Waals surface area contributed by atoms with Gasteiger partial charge in [-0.1, -0.05) is 51.1 Å². The maximum Gasteiger partial charge on any atom is 0.245 e. The van der Waals surface area contributed by atoms with E-state index in [2.05, 4.69) is 17.4 Å². The van der Waals surface area contributed by atoms with E-state index in [0.717, 1.165) is 17.9 Å². The van der Waals surface area contributed by atoms with Crippen LogP contribution in [0.25, 0.3) is 0 Å². The summed E-state index contributed by atoms with van der Waals surface area (Å²) >= 11 is 12.2. The molecule has 0 bridgehead atoms. The number of benzene rings is 1. The van der Waals surface area contributed by atoms with Gasteiger partial charge in [0.05, 0.1) is 5.92 Å². The second-order valence-corrected chi connectivity index (χ2v) is 9.82. The van der Waals surface area contributed by atoms with Gasteiger partial charge in [0.15, 0.2) is 0 Å². The van der Waals surface area contributed by atoms with E-state index >= 15 is 0 Å². The summed E-state index contributed by atoms with van der Waals surface area (Å²) in [5.74, 6) is -0.151. The number of hydrogen-bond donors (Lipinski definition) is 2. The summed E-state index contributed by atoms with van der Waals surface area (Å²) in [7, 11) is 0. The molecule has 3 atom stereocenters. The van der Waals surface area contributed by atoms with Crippen molar-refractivity contribution in [3.05, 3.63) is 46.6 Å². The Morgan fingerprint density at radius 2 is 1.77 bits per heavy atom.